The highest BCUT2D eigenvalue weighted by Gasteiger charge is 2.16. The maximum atomic E-state index is 10.5. The molecule has 1 heterocycles. The van der Waals surface area contributed by atoms with Gasteiger partial charge in [0.05, 0.1) is 6.61 Å². The van der Waals surface area contributed by atoms with Crippen LogP contribution in [-0.4, -0.2) is 19.2 Å². The molecule has 1 rings (SSSR count). The van der Waals surface area contributed by atoms with E-state index in [1.54, 1.807) is 0 Å². The van der Waals surface area contributed by atoms with Crippen molar-refractivity contribution in [3.05, 3.63) is 12.7 Å². The summed E-state index contributed by atoms with van der Waals surface area (Å²) in [6, 6.07) is 0. The first-order valence-electron chi connectivity index (χ1n) is 3.34. The van der Waals surface area contributed by atoms with Crippen LogP contribution in [0.2, 0.25) is 0 Å². The number of cyclic esters (lactones) is 1. The first-order chi connectivity index (χ1) is 4.83. The van der Waals surface area contributed by atoms with Crippen LogP contribution in [0.1, 0.15) is 6.42 Å². The highest BCUT2D eigenvalue weighted by atomic mass is 16.6. The molecular weight excluding hydrogens is 130 g/mol. The molecule has 0 spiro atoms. The summed E-state index contributed by atoms with van der Waals surface area (Å²) in [6.45, 7) is 4.84. The predicted molar refractivity (Wildman–Crippen MR) is 37.7 cm³/mol. The van der Waals surface area contributed by atoms with E-state index in [4.69, 9.17) is 4.74 Å². The SMILES string of the molecule is C=CCC1CNC(=O)OC1. The molecule has 3 nitrogen and oxygen atoms in total. The Kier molecular flexibility index (Phi) is 2.31. The van der Waals surface area contributed by atoms with Crippen LogP contribution in [0.15, 0.2) is 12.7 Å². The van der Waals surface area contributed by atoms with E-state index in [0.717, 1.165) is 6.42 Å². The Hall–Kier alpha value is -0.990. The topological polar surface area (TPSA) is 38.3 Å². The minimum absolute atomic E-state index is 0.305. The quantitative estimate of drug-likeness (QED) is 0.581. The zero-order valence-electron chi connectivity index (χ0n) is 5.80. The van der Waals surface area contributed by atoms with Gasteiger partial charge in [-0.25, -0.2) is 4.79 Å². The van der Waals surface area contributed by atoms with Crippen LogP contribution in [-0.2, 0) is 4.74 Å². The minimum Gasteiger partial charge on any atom is -0.449 e. The molecule has 1 amide bonds. The van der Waals surface area contributed by atoms with Gasteiger partial charge in [0.2, 0.25) is 0 Å². The van der Waals surface area contributed by atoms with Gasteiger partial charge in [0, 0.05) is 12.5 Å². The Morgan fingerprint density at radius 2 is 2.70 bits per heavy atom. The molecule has 56 valence electrons. The van der Waals surface area contributed by atoms with E-state index in [-0.39, 0.29) is 6.09 Å². The van der Waals surface area contributed by atoms with Crippen LogP contribution in [0.3, 0.4) is 0 Å². The lowest BCUT2D eigenvalue weighted by atomic mass is 10.1. The molecule has 0 aromatic carbocycles. The number of alkyl carbamates (subject to hydrolysis) is 1. The lowest BCUT2D eigenvalue weighted by molar-refractivity contribution is 0.103. The largest absolute Gasteiger partial charge is 0.449 e. The first-order valence-corrected chi connectivity index (χ1v) is 3.34. The van der Waals surface area contributed by atoms with Gasteiger partial charge >= 0.3 is 6.09 Å². The van der Waals surface area contributed by atoms with Crippen molar-refractivity contribution >= 4 is 6.09 Å². The summed E-state index contributed by atoms with van der Waals surface area (Å²) in [5.41, 5.74) is 0. The zero-order chi connectivity index (χ0) is 7.40. The van der Waals surface area contributed by atoms with E-state index in [9.17, 15) is 4.79 Å². The van der Waals surface area contributed by atoms with Crippen molar-refractivity contribution in [3.63, 3.8) is 0 Å². The molecular formula is C7H11NO2. The Bertz CT molecular complexity index is 135. The van der Waals surface area contributed by atoms with E-state index in [0.29, 0.717) is 19.1 Å². The fourth-order valence-corrected chi connectivity index (χ4v) is 0.918. The summed E-state index contributed by atoms with van der Waals surface area (Å²) in [4.78, 5) is 10.5. The maximum absolute atomic E-state index is 10.5. The van der Waals surface area contributed by atoms with Gasteiger partial charge in [-0.15, -0.1) is 6.58 Å². The number of hydrogen-bond donors (Lipinski definition) is 1. The zero-order valence-corrected chi connectivity index (χ0v) is 5.80. The molecule has 0 bridgehead atoms. The smallest absolute Gasteiger partial charge is 0.407 e. The summed E-state index contributed by atoms with van der Waals surface area (Å²) in [7, 11) is 0. The van der Waals surface area contributed by atoms with Crippen molar-refractivity contribution in [1.29, 1.82) is 0 Å². The van der Waals surface area contributed by atoms with Crippen molar-refractivity contribution in [2.45, 2.75) is 6.42 Å². The van der Waals surface area contributed by atoms with E-state index in [1.165, 1.54) is 0 Å². The molecule has 1 unspecified atom stereocenters. The minimum atomic E-state index is -0.305. The van der Waals surface area contributed by atoms with Crippen LogP contribution in [0.4, 0.5) is 4.79 Å². The summed E-state index contributed by atoms with van der Waals surface area (Å²) >= 11 is 0. The summed E-state index contributed by atoms with van der Waals surface area (Å²) < 4.78 is 4.75. The van der Waals surface area contributed by atoms with Crippen molar-refractivity contribution in [3.8, 4) is 0 Å². The van der Waals surface area contributed by atoms with Crippen LogP contribution in [0, 0.1) is 5.92 Å². The molecule has 1 aliphatic heterocycles. The highest BCUT2D eigenvalue weighted by molar-refractivity contribution is 5.67. The highest BCUT2D eigenvalue weighted by Crippen LogP contribution is 2.06. The van der Waals surface area contributed by atoms with Crippen molar-refractivity contribution in [2.24, 2.45) is 5.92 Å². The molecule has 1 fully saturated rings. The fraction of sp³-hybridized carbons (Fsp3) is 0.571. The number of amides is 1. The standard InChI is InChI=1S/C7H11NO2/c1-2-3-6-4-8-7(9)10-5-6/h2,6H,1,3-5H2,(H,8,9). The van der Waals surface area contributed by atoms with E-state index in [1.807, 2.05) is 6.08 Å². The molecule has 1 atom stereocenters. The molecule has 0 aliphatic carbocycles. The molecule has 0 radical (unpaired) electrons. The number of rotatable bonds is 2. The Morgan fingerprint density at radius 1 is 1.90 bits per heavy atom. The van der Waals surface area contributed by atoms with E-state index >= 15 is 0 Å². The van der Waals surface area contributed by atoms with E-state index < -0.39 is 0 Å². The normalized spacial score (nSPS) is 24.8. The Labute approximate surface area is 60.1 Å². The summed E-state index contributed by atoms with van der Waals surface area (Å²) in [5, 5.41) is 2.61. The number of hydrogen-bond acceptors (Lipinski definition) is 2. The fourth-order valence-electron chi connectivity index (χ4n) is 0.918. The van der Waals surface area contributed by atoms with Crippen LogP contribution in [0.25, 0.3) is 0 Å². The molecule has 10 heavy (non-hydrogen) atoms. The van der Waals surface area contributed by atoms with Gasteiger partial charge in [-0.2, -0.15) is 0 Å². The molecule has 0 aromatic rings. The number of allylic oxidation sites excluding steroid dienone is 1. The van der Waals surface area contributed by atoms with Gasteiger partial charge in [0.1, 0.15) is 0 Å². The molecule has 1 aliphatic rings. The maximum Gasteiger partial charge on any atom is 0.407 e. The average Bonchev–Trinajstić information content (AvgIpc) is 1.95. The molecule has 1 saturated heterocycles. The second-order valence-corrected chi connectivity index (χ2v) is 2.37. The average molecular weight is 141 g/mol. The number of nitrogens with one attached hydrogen (secondary N) is 1. The lowest BCUT2D eigenvalue weighted by Gasteiger charge is -2.21. The molecule has 0 saturated carbocycles. The third-order valence-corrected chi connectivity index (χ3v) is 1.49. The van der Waals surface area contributed by atoms with E-state index in [2.05, 4.69) is 11.9 Å². The molecule has 1 N–H and O–H groups in total. The van der Waals surface area contributed by atoms with Crippen LogP contribution in [0.5, 0.6) is 0 Å². The summed E-state index contributed by atoms with van der Waals surface area (Å²) in [5.74, 6) is 0.412. The number of carbonyl (C=O) groups is 1. The van der Waals surface area contributed by atoms with Gasteiger partial charge in [0.15, 0.2) is 0 Å². The van der Waals surface area contributed by atoms with Crippen LogP contribution < -0.4 is 5.32 Å². The van der Waals surface area contributed by atoms with Gasteiger partial charge in [-0.1, -0.05) is 6.08 Å². The number of carbonyl (C=O) groups excluding carboxylic acids is 1. The molecule has 3 heteroatoms. The second kappa shape index (κ2) is 3.25. The molecule has 0 aromatic heterocycles. The van der Waals surface area contributed by atoms with Gasteiger partial charge in [0.25, 0.3) is 0 Å². The third kappa shape index (κ3) is 1.76. The first kappa shape index (κ1) is 7.12. The third-order valence-electron chi connectivity index (χ3n) is 1.49. The van der Waals surface area contributed by atoms with Gasteiger partial charge < -0.3 is 10.1 Å². The van der Waals surface area contributed by atoms with Gasteiger partial charge in [-0.3, -0.25) is 0 Å². The summed E-state index contributed by atoms with van der Waals surface area (Å²) in [6.07, 6.45) is 2.44. The second-order valence-electron chi connectivity index (χ2n) is 2.37. The van der Waals surface area contributed by atoms with Crippen LogP contribution >= 0.6 is 0 Å². The van der Waals surface area contributed by atoms with Gasteiger partial charge in [-0.05, 0) is 6.42 Å². The Balaban J connectivity index is 2.25. The Morgan fingerprint density at radius 3 is 3.20 bits per heavy atom. The van der Waals surface area contributed by atoms with Crippen molar-refractivity contribution < 1.29 is 9.53 Å². The van der Waals surface area contributed by atoms with Crippen molar-refractivity contribution in [1.82, 2.24) is 5.32 Å². The predicted octanol–water partition coefficient (Wildman–Crippen LogP) is 0.919. The van der Waals surface area contributed by atoms with Crippen molar-refractivity contribution in [2.75, 3.05) is 13.2 Å². The lowest BCUT2D eigenvalue weighted by Crippen LogP contribution is -2.38. The monoisotopic (exact) mass is 141 g/mol. The number of ether oxygens (including phenoxy) is 1.